The predicted octanol–water partition coefficient (Wildman–Crippen LogP) is 1.23. The van der Waals surface area contributed by atoms with Gasteiger partial charge < -0.3 is 19.9 Å². The monoisotopic (exact) mass is 251 g/mol. The van der Waals surface area contributed by atoms with Crippen molar-refractivity contribution in [1.82, 2.24) is 5.32 Å². The molecule has 18 heavy (non-hydrogen) atoms. The molecule has 0 amide bonds. The van der Waals surface area contributed by atoms with Gasteiger partial charge in [0.1, 0.15) is 17.0 Å². The molecular weight excluding hydrogens is 234 g/mol. The topological polar surface area (TPSA) is 67.8 Å². The zero-order valence-corrected chi connectivity index (χ0v) is 10.7. The normalized spacial score (nSPS) is 25.6. The molecule has 2 rings (SSSR count). The van der Waals surface area contributed by atoms with Crippen LogP contribution in [0.4, 0.5) is 0 Å². The Balaban J connectivity index is 2.33. The zero-order valence-electron chi connectivity index (χ0n) is 10.7. The maximum atomic E-state index is 11.3. The van der Waals surface area contributed by atoms with Crippen molar-refractivity contribution in [3.63, 3.8) is 0 Å². The van der Waals surface area contributed by atoms with Crippen molar-refractivity contribution < 1.29 is 19.4 Å². The summed E-state index contributed by atoms with van der Waals surface area (Å²) in [5, 5.41) is 12.2. The summed E-state index contributed by atoms with van der Waals surface area (Å²) >= 11 is 0. The Bertz CT molecular complexity index is 452. The number of hydrogen-bond donors (Lipinski definition) is 2. The lowest BCUT2D eigenvalue weighted by molar-refractivity contribution is -0.140. The fourth-order valence-electron chi connectivity index (χ4n) is 2.32. The van der Waals surface area contributed by atoms with Gasteiger partial charge in [-0.25, -0.2) is 0 Å². The highest BCUT2D eigenvalue weighted by Crippen LogP contribution is 2.52. The molecule has 2 N–H and O–H groups in total. The number of carboxylic acid groups (broad SMARTS) is 1. The van der Waals surface area contributed by atoms with Crippen LogP contribution in [0.25, 0.3) is 0 Å². The van der Waals surface area contributed by atoms with E-state index in [0.29, 0.717) is 17.9 Å². The van der Waals surface area contributed by atoms with Gasteiger partial charge in [-0.15, -0.1) is 0 Å². The lowest BCUT2D eigenvalue weighted by Crippen LogP contribution is -2.38. The second-order valence-electron chi connectivity index (χ2n) is 4.43. The van der Waals surface area contributed by atoms with Gasteiger partial charge in [0.25, 0.3) is 0 Å². The summed E-state index contributed by atoms with van der Waals surface area (Å²) in [7, 11) is 4.83. The number of methoxy groups -OCH3 is 2. The first kappa shape index (κ1) is 12.7. The van der Waals surface area contributed by atoms with Gasteiger partial charge in [-0.2, -0.15) is 0 Å². The van der Waals surface area contributed by atoms with Crippen molar-refractivity contribution in [2.24, 2.45) is 0 Å². The minimum absolute atomic E-state index is 0.0519. The molecule has 1 aliphatic rings. The number of carbonyl (C=O) groups is 1. The largest absolute Gasteiger partial charge is 0.497 e. The molecular formula is C13H17NO4. The summed E-state index contributed by atoms with van der Waals surface area (Å²) in [6, 6.07) is 5.48. The molecule has 0 heterocycles. The van der Waals surface area contributed by atoms with E-state index in [1.165, 1.54) is 0 Å². The molecule has 5 nitrogen and oxygen atoms in total. The third-order valence-electron chi connectivity index (χ3n) is 3.56. The van der Waals surface area contributed by atoms with Gasteiger partial charge in [0.15, 0.2) is 0 Å². The summed E-state index contributed by atoms with van der Waals surface area (Å²) < 4.78 is 10.4. The number of ether oxygens (including phenoxy) is 2. The average Bonchev–Trinajstić information content (AvgIpc) is 3.14. The van der Waals surface area contributed by atoms with E-state index in [1.54, 1.807) is 27.3 Å². The van der Waals surface area contributed by atoms with Crippen LogP contribution in [0, 0.1) is 0 Å². The van der Waals surface area contributed by atoms with E-state index in [1.807, 2.05) is 12.1 Å². The molecule has 1 fully saturated rings. The number of rotatable bonds is 5. The van der Waals surface area contributed by atoms with E-state index in [2.05, 4.69) is 5.32 Å². The van der Waals surface area contributed by atoms with E-state index < -0.39 is 11.5 Å². The highest BCUT2D eigenvalue weighted by molar-refractivity contribution is 5.85. The number of benzene rings is 1. The van der Waals surface area contributed by atoms with E-state index in [0.717, 1.165) is 5.56 Å². The Morgan fingerprint density at radius 3 is 2.22 bits per heavy atom. The second kappa shape index (κ2) is 4.49. The third-order valence-corrected chi connectivity index (χ3v) is 3.56. The molecule has 0 spiro atoms. The predicted molar refractivity (Wildman–Crippen MR) is 66.3 cm³/mol. The Morgan fingerprint density at radius 2 is 1.89 bits per heavy atom. The Kier molecular flexibility index (Phi) is 3.17. The van der Waals surface area contributed by atoms with Crippen LogP contribution in [0.3, 0.4) is 0 Å². The fraction of sp³-hybridized carbons (Fsp3) is 0.462. The second-order valence-corrected chi connectivity index (χ2v) is 4.43. The summed E-state index contributed by atoms with van der Waals surface area (Å²) in [6.07, 6.45) is 0.579. The van der Waals surface area contributed by atoms with Gasteiger partial charge in [0, 0.05) is 12.0 Å². The summed E-state index contributed by atoms with van der Waals surface area (Å²) in [5.41, 5.74) is 0.0696. The van der Waals surface area contributed by atoms with Gasteiger partial charge in [-0.3, -0.25) is 4.79 Å². The Labute approximate surface area is 106 Å². The number of carboxylic acids is 1. The number of hydrogen-bond acceptors (Lipinski definition) is 4. The van der Waals surface area contributed by atoms with Gasteiger partial charge in [0.05, 0.1) is 14.2 Å². The van der Waals surface area contributed by atoms with E-state index in [9.17, 15) is 9.90 Å². The van der Waals surface area contributed by atoms with E-state index in [4.69, 9.17) is 9.47 Å². The summed E-state index contributed by atoms with van der Waals surface area (Å²) in [4.78, 5) is 11.3. The average molecular weight is 251 g/mol. The molecule has 5 heteroatoms. The van der Waals surface area contributed by atoms with Gasteiger partial charge in [-0.1, -0.05) is 0 Å². The van der Waals surface area contributed by atoms with Crippen molar-refractivity contribution in [3.8, 4) is 11.5 Å². The van der Waals surface area contributed by atoms with Gasteiger partial charge in [0.2, 0.25) is 0 Å². The molecule has 0 saturated heterocycles. The summed E-state index contributed by atoms with van der Waals surface area (Å²) in [5.74, 6) is 0.471. The van der Waals surface area contributed by atoms with Crippen LogP contribution in [-0.2, 0) is 4.79 Å². The molecule has 98 valence electrons. The quantitative estimate of drug-likeness (QED) is 0.824. The maximum Gasteiger partial charge on any atom is 0.324 e. The first-order valence-corrected chi connectivity index (χ1v) is 5.72. The van der Waals surface area contributed by atoms with Crippen LogP contribution in [0.15, 0.2) is 18.2 Å². The van der Waals surface area contributed by atoms with Crippen LogP contribution >= 0.6 is 0 Å². The van der Waals surface area contributed by atoms with Crippen LogP contribution in [0.1, 0.15) is 17.9 Å². The molecule has 1 aromatic rings. The van der Waals surface area contributed by atoms with Crippen LogP contribution in [0.5, 0.6) is 11.5 Å². The first-order valence-electron chi connectivity index (χ1n) is 5.72. The molecule has 1 aromatic carbocycles. The Hall–Kier alpha value is -1.75. The Morgan fingerprint density at radius 1 is 1.33 bits per heavy atom. The van der Waals surface area contributed by atoms with Gasteiger partial charge >= 0.3 is 5.97 Å². The zero-order chi connectivity index (χ0) is 13.3. The number of aliphatic carboxylic acids is 1. The minimum atomic E-state index is -0.850. The molecule has 0 bridgehead atoms. The SMILES string of the molecule is CNC1(C(=O)O)CC1c1cc(OC)cc(OC)c1. The molecule has 2 unspecified atom stereocenters. The van der Waals surface area contributed by atoms with Gasteiger partial charge in [-0.05, 0) is 31.2 Å². The van der Waals surface area contributed by atoms with Crippen molar-refractivity contribution in [2.45, 2.75) is 17.9 Å². The fourth-order valence-corrected chi connectivity index (χ4v) is 2.32. The van der Waals surface area contributed by atoms with Crippen LogP contribution in [-0.4, -0.2) is 37.9 Å². The van der Waals surface area contributed by atoms with Crippen molar-refractivity contribution in [2.75, 3.05) is 21.3 Å². The van der Waals surface area contributed by atoms with Crippen molar-refractivity contribution >= 4 is 5.97 Å². The molecule has 2 atom stereocenters. The van der Waals surface area contributed by atoms with Crippen molar-refractivity contribution in [1.29, 1.82) is 0 Å². The standard InChI is InChI=1S/C13H17NO4/c1-14-13(12(15)16)7-11(13)8-4-9(17-2)6-10(5-8)18-3/h4-6,11,14H,7H2,1-3H3,(H,15,16). The third kappa shape index (κ3) is 1.90. The van der Waals surface area contributed by atoms with E-state index >= 15 is 0 Å². The molecule has 0 aromatic heterocycles. The molecule has 0 radical (unpaired) electrons. The molecule has 0 aliphatic heterocycles. The van der Waals surface area contributed by atoms with Crippen LogP contribution in [0.2, 0.25) is 0 Å². The highest BCUT2D eigenvalue weighted by Gasteiger charge is 2.60. The van der Waals surface area contributed by atoms with Crippen molar-refractivity contribution in [3.05, 3.63) is 23.8 Å². The van der Waals surface area contributed by atoms with E-state index in [-0.39, 0.29) is 5.92 Å². The molecule has 1 aliphatic carbocycles. The lowest BCUT2D eigenvalue weighted by Gasteiger charge is -2.12. The number of likely N-dealkylation sites (N-methyl/N-ethyl adjacent to an activating group) is 1. The highest BCUT2D eigenvalue weighted by atomic mass is 16.5. The minimum Gasteiger partial charge on any atom is -0.497 e. The first-order chi connectivity index (χ1) is 8.57. The number of nitrogens with one attached hydrogen (secondary N) is 1. The smallest absolute Gasteiger partial charge is 0.324 e. The summed E-state index contributed by atoms with van der Waals surface area (Å²) in [6.45, 7) is 0. The maximum absolute atomic E-state index is 11.3. The lowest BCUT2D eigenvalue weighted by atomic mass is 10.1. The molecule has 1 saturated carbocycles. The van der Waals surface area contributed by atoms with Crippen LogP contribution < -0.4 is 14.8 Å².